The Kier molecular flexibility index (Phi) is 59.0. The second-order valence-electron chi connectivity index (χ2n) is 21.7. The normalized spacial score (nSPS) is 12.8. The van der Waals surface area contributed by atoms with Gasteiger partial charge in [0.15, 0.2) is 0 Å². The van der Waals surface area contributed by atoms with E-state index in [9.17, 15) is 19.8 Å². The molecule has 0 fully saturated rings. The number of nitrogens with one attached hydrogen (secondary N) is 1. The van der Waals surface area contributed by atoms with Crippen molar-refractivity contribution in [2.45, 2.75) is 353 Å². The third kappa shape index (κ3) is 57.2. The summed E-state index contributed by atoms with van der Waals surface area (Å²) in [4.78, 5) is 24.6. The van der Waals surface area contributed by atoms with E-state index in [1.807, 2.05) is 6.08 Å². The van der Waals surface area contributed by atoms with Crippen molar-refractivity contribution in [1.82, 2.24) is 5.32 Å². The molecule has 418 valence electrons. The molecule has 0 aromatic heterocycles. The maximum Gasteiger partial charge on any atom is 0.305 e. The number of hydrogen-bond donors (Lipinski definition) is 3. The van der Waals surface area contributed by atoms with Crippen molar-refractivity contribution in [3.63, 3.8) is 0 Å². The lowest BCUT2D eigenvalue weighted by molar-refractivity contribution is -0.143. The number of rotatable bonds is 59. The average Bonchev–Trinajstić information content (AvgIpc) is 3.37. The molecule has 0 aromatic rings. The zero-order chi connectivity index (χ0) is 51.4. The van der Waals surface area contributed by atoms with Gasteiger partial charge in [-0.05, 0) is 89.9 Å². The first-order valence-electron chi connectivity index (χ1n) is 31.8. The second-order valence-corrected chi connectivity index (χ2v) is 21.7. The predicted molar refractivity (Wildman–Crippen MR) is 310 cm³/mol. The fourth-order valence-electron chi connectivity index (χ4n) is 9.74. The Balaban J connectivity index is 3.51. The van der Waals surface area contributed by atoms with Crippen molar-refractivity contribution in [2.24, 2.45) is 0 Å². The molecule has 3 N–H and O–H groups in total. The van der Waals surface area contributed by atoms with Gasteiger partial charge < -0.3 is 20.3 Å². The molecule has 1 amide bonds. The van der Waals surface area contributed by atoms with E-state index < -0.39 is 12.1 Å². The largest absolute Gasteiger partial charge is 0.466 e. The topological polar surface area (TPSA) is 95.9 Å². The third-order valence-corrected chi connectivity index (χ3v) is 14.6. The van der Waals surface area contributed by atoms with Gasteiger partial charge in [0.05, 0.1) is 25.4 Å². The van der Waals surface area contributed by atoms with Crippen LogP contribution < -0.4 is 5.32 Å². The number of unbranched alkanes of at least 4 members (excludes halogenated alkanes) is 44. The van der Waals surface area contributed by atoms with Gasteiger partial charge >= 0.3 is 5.97 Å². The Morgan fingerprint density at radius 3 is 1.00 bits per heavy atom. The van der Waals surface area contributed by atoms with Crippen LogP contribution in [0.4, 0.5) is 0 Å². The summed E-state index contributed by atoms with van der Waals surface area (Å²) in [5.41, 5.74) is 0. The molecule has 0 heterocycles. The van der Waals surface area contributed by atoms with Gasteiger partial charge in [-0.25, -0.2) is 0 Å². The van der Waals surface area contributed by atoms with Crippen LogP contribution in [0.25, 0.3) is 0 Å². The van der Waals surface area contributed by atoms with Crippen LogP contribution in [-0.2, 0) is 14.3 Å². The molecule has 0 rings (SSSR count). The first-order valence-corrected chi connectivity index (χ1v) is 31.8. The van der Waals surface area contributed by atoms with Crippen molar-refractivity contribution in [1.29, 1.82) is 0 Å². The quantitative estimate of drug-likeness (QED) is 0.0321. The minimum absolute atomic E-state index is 0.0270. The molecular formula is C65H123NO5. The lowest BCUT2D eigenvalue weighted by Crippen LogP contribution is -2.45. The highest BCUT2D eigenvalue weighted by atomic mass is 16.5. The summed E-state index contributed by atoms with van der Waals surface area (Å²) in [6, 6.07) is -0.649. The van der Waals surface area contributed by atoms with E-state index in [0.717, 1.165) is 83.5 Å². The Hall–Kier alpha value is -1.92. The van der Waals surface area contributed by atoms with Crippen molar-refractivity contribution >= 4 is 11.9 Å². The molecule has 0 aliphatic heterocycles. The molecule has 71 heavy (non-hydrogen) atoms. The molecule has 0 radical (unpaired) electrons. The fourth-order valence-corrected chi connectivity index (χ4v) is 9.74. The van der Waals surface area contributed by atoms with Gasteiger partial charge in [0.1, 0.15) is 0 Å². The summed E-state index contributed by atoms with van der Waals surface area (Å²) < 4.78 is 5.46. The minimum Gasteiger partial charge on any atom is -0.466 e. The molecule has 0 saturated carbocycles. The van der Waals surface area contributed by atoms with Gasteiger partial charge in [-0.3, -0.25) is 9.59 Å². The van der Waals surface area contributed by atoms with Crippen LogP contribution in [0.15, 0.2) is 36.5 Å². The van der Waals surface area contributed by atoms with E-state index in [0.29, 0.717) is 19.4 Å². The van der Waals surface area contributed by atoms with Gasteiger partial charge in [-0.1, -0.05) is 275 Å². The van der Waals surface area contributed by atoms with E-state index in [4.69, 9.17) is 4.74 Å². The van der Waals surface area contributed by atoms with Crippen LogP contribution in [0.2, 0.25) is 0 Å². The van der Waals surface area contributed by atoms with Crippen LogP contribution >= 0.6 is 0 Å². The van der Waals surface area contributed by atoms with Gasteiger partial charge in [0.2, 0.25) is 5.91 Å². The molecule has 0 aromatic carbocycles. The minimum atomic E-state index is -0.863. The van der Waals surface area contributed by atoms with Gasteiger partial charge in [-0.15, -0.1) is 0 Å². The highest BCUT2D eigenvalue weighted by molar-refractivity contribution is 5.76. The van der Waals surface area contributed by atoms with Crippen LogP contribution in [0.1, 0.15) is 341 Å². The van der Waals surface area contributed by atoms with E-state index in [2.05, 4.69) is 43.5 Å². The van der Waals surface area contributed by atoms with Crippen molar-refractivity contribution in [3.8, 4) is 0 Å². The second kappa shape index (κ2) is 60.6. The van der Waals surface area contributed by atoms with Crippen LogP contribution in [0.5, 0.6) is 0 Å². The lowest BCUT2D eigenvalue weighted by atomic mass is 10.0. The van der Waals surface area contributed by atoms with E-state index in [1.165, 1.54) is 231 Å². The highest BCUT2D eigenvalue weighted by Gasteiger charge is 2.18. The van der Waals surface area contributed by atoms with Crippen molar-refractivity contribution < 1.29 is 24.5 Å². The number of esters is 1. The molecular weight excluding hydrogens is 875 g/mol. The number of ether oxygens (including phenoxy) is 1. The predicted octanol–water partition coefficient (Wildman–Crippen LogP) is 20.0. The summed E-state index contributed by atoms with van der Waals surface area (Å²) in [7, 11) is 0. The Bertz CT molecular complexity index is 1150. The third-order valence-electron chi connectivity index (χ3n) is 14.6. The molecule has 6 nitrogen and oxygen atoms in total. The van der Waals surface area contributed by atoms with Gasteiger partial charge in [0.25, 0.3) is 0 Å². The number of hydrogen-bond acceptors (Lipinski definition) is 5. The number of aliphatic hydroxyl groups excluding tert-OH is 2. The molecule has 2 unspecified atom stereocenters. The van der Waals surface area contributed by atoms with Crippen molar-refractivity contribution in [2.75, 3.05) is 13.2 Å². The number of allylic oxidation sites excluding steroid dienone is 5. The number of aliphatic hydroxyl groups is 2. The maximum atomic E-state index is 12.5. The first-order chi connectivity index (χ1) is 35.0. The Morgan fingerprint density at radius 2 is 0.662 bits per heavy atom. The maximum absolute atomic E-state index is 12.5. The molecule has 6 heteroatoms. The highest BCUT2D eigenvalue weighted by Crippen LogP contribution is 2.17. The van der Waals surface area contributed by atoms with E-state index in [1.54, 1.807) is 6.08 Å². The Morgan fingerprint density at radius 1 is 0.380 bits per heavy atom. The summed E-state index contributed by atoms with van der Waals surface area (Å²) >= 11 is 0. The zero-order valence-corrected chi connectivity index (χ0v) is 47.7. The molecule has 0 aliphatic rings. The summed E-state index contributed by atoms with van der Waals surface area (Å²) in [6.07, 6.45) is 76.2. The van der Waals surface area contributed by atoms with Gasteiger partial charge in [0, 0.05) is 12.8 Å². The molecule has 0 aliphatic carbocycles. The number of carbonyl (C=O) groups excluding carboxylic acids is 2. The molecule has 0 spiro atoms. The zero-order valence-electron chi connectivity index (χ0n) is 47.7. The fraction of sp³-hybridized carbons (Fsp3) is 0.877. The molecule has 2 atom stereocenters. The average molecular weight is 999 g/mol. The smallest absolute Gasteiger partial charge is 0.305 e. The Labute approximate surface area is 443 Å². The summed E-state index contributed by atoms with van der Waals surface area (Å²) in [5.74, 6) is -0.118. The van der Waals surface area contributed by atoms with Crippen molar-refractivity contribution in [3.05, 3.63) is 36.5 Å². The van der Waals surface area contributed by atoms with Crippen LogP contribution in [0.3, 0.4) is 0 Å². The van der Waals surface area contributed by atoms with Gasteiger partial charge in [-0.2, -0.15) is 0 Å². The molecule has 0 bridgehead atoms. The van der Waals surface area contributed by atoms with Crippen LogP contribution in [-0.4, -0.2) is 47.4 Å². The van der Waals surface area contributed by atoms with E-state index >= 15 is 0 Å². The number of amides is 1. The molecule has 0 saturated heterocycles. The monoisotopic (exact) mass is 998 g/mol. The number of carbonyl (C=O) groups is 2. The summed E-state index contributed by atoms with van der Waals surface area (Å²) in [6.45, 7) is 4.86. The van der Waals surface area contributed by atoms with Crippen LogP contribution in [0, 0.1) is 0 Å². The summed E-state index contributed by atoms with van der Waals surface area (Å²) in [5, 5.41) is 23.2. The lowest BCUT2D eigenvalue weighted by Gasteiger charge is -2.20. The standard InChI is InChI=1S/C65H123NO5/c1-3-5-7-9-11-13-15-17-19-21-22-23-24-25-26-27-28-30-31-33-37-41-45-49-53-57-63(68)62(61-67)66-64(69)58-54-50-46-42-38-35-36-40-44-48-52-56-60-71-65(70)59-55-51-47-43-39-34-32-29-20-18-16-14-12-10-8-6-4-2/h18,20,36,40,53,57,62-63,67-68H,3-17,19,21-35,37-39,41-52,54-56,58-61H2,1-2H3,(H,66,69)/b20-18-,40-36-,57-53+. The SMILES string of the molecule is CCCCCCCC/C=C\CCCCCCCCCC(=O)OCCCCC/C=C\CCCCCCCC(=O)NC(CO)C(O)/C=C/CCCCCCCCCCCCCCCCCCCCCCCCC. The first kappa shape index (κ1) is 69.1. The van der Waals surface area contributed by atoms with E-state index in [-0.39, 0.29) is 18.5 Å².